The molecule has 17 heavy (non-hydrogen) atoms. The van der Waals surface area contributed by atoms with E-state index in [2.05, 4.69) is 5.32 Å². The fourth-order valence-corrected chi connectivity index (χ4v) is 1.75. The summed E-state index contributed by atoms with van der Waals surface area (Å²) < 4.78 is 4.75. The Hall–Kier alpha value is -1.30. The molecule has 1 fully saturated rings. The van der Waals surface area contributed by atoms with Crippen LogP contribution in [0.15, 0.2) is 0 Å². The molecule has 98 valence electrons. The van der Waals surface area contributed by atoms with E-state index in [1.807, 2.05) is 0 Å². The van der Waals surface area contributed by atoms with Crippen molar-refractivity contribution in [1.29, 1.82) is 0 Å². The van der Waals surface area contributed by atoms with Gasteiger partial charge in [-0.25, -0.2) is 9.59 Å². The van der Waals surface area contributed by atoms with E-state index < -0.39 is 12.0 Å². The van der Waals surface area contributed by atoms with Crippen LogP contribution in [0.25, 0.3) is 0 Å². The molecule has 0 aromatic rings. The van der Waals surface area contributed by atoms with Crippen molar-refractivity contribution in [2.24, 2.45) is 5.92 Å². The van der Waals surface area contributed by atoms with E-state index in [0.29, 0.717) is 12.5 Å². The van der Waals surface area contributed by atoms with Gasteiger partial charge in [-0.2, -0.15) is 0 Å². The van der Waals surface area contributed by atoms with Gasteiger partial charge in [0.15, 0.2) is 6.04 Å². The smallest absolute Gasteiger partial charge is 0.328 e. The van der Waals surface area contributed by atoms with Gasteiger partial charge in [0.05, 0.1) is 6.61 Å². The summed E-state index contributed by atoms with van der Waals surface area (Å²) in [6.07, 6.45) is 3.53. The van der Waals surface area contributed by atoms with Gasteiger partial charge in [0.25, 0.3) is 0 Å². The monoisotopic (exact) mass is 244 g/mol. The van der Waals surface area contributed by atoms with E-state index in [1.165, 1.54) is 18.4 Å². The molecule has 0 aliphatic heterocycles. The zero-order valence-corrected chi connectivity index (χ0v) is 10.3. The van der Waals surface area contributed by atoms with Crippen LogP contribution in [0.3, 0.4) is 0 Å². The Morgan fingerprint density at radius 3 is 2.59 bits per heavy atom. The predicted octanol–water partition coefficient (Wildman–Crippen LogP) is 0.527. The number of carboxylic acids is 1. The summed E-state index contributed by atoms with van der Waals surface area (Å²) in [5, 5.41) is 11.3. The number of rotatable bonds is 6. The summed E-state index contributed by atoms with van der Waals surface area (Å²) in [6, 6.07) is -1.35. The summed E-state index contributed by atoms with van der Waals surface area (Å²) in [6.45, 7) is 0.656. The van der Waals surface area contributed by atoms with Crippen molar-refractivity contribution in [3.8, 4) is 0 Å². The van der Waals surface area contributed by atoms with Crippen molar-refractivity contribution in [1.82, 2.24) is 10.2 Å². The number of carboxylic acid groups (broad SMARTS) is 1. The molecule has 6 heteroatoms. The molecular weight excluding hydrogens is 224 g/mol. The first-order valence-corrected chi connectivity index (χ1v) is 5.78. The largest absolute Gasteiger partial charge is 0.480 e. The molecule has 0 radical (unpaired) electrons. The average Bonchev–Trinajstić information content (AvgIpc) is 2.22. The second-order valence-electron chi connectivity index (χ2n) is 4.47. The Balaban J connectivity index is 2.36. The van der Waals surface area contributed by atoms with Gasteiger partial charge in [-0.05, 0) is 18.8 Å². The van der Waals surface area contributed by atoms with Crippen molar-refractivity contribution in [2.45, 2.75) is 25.3 Å². The Kier molecular flexibility index (Phi) is 5.21. The second-order valence-corrected chi connectivity index (χ2v) is 4.47. The van der Waals surface area contributed by atoms with Crippen molar-refractivity contribution in [3.63, 3.8) is 0 Å². The molecule has 2 amide bonds. The van der Waals surface area contributed by atoms with Crippen LogP contribution in [0.2, 0.25) is 0 Å². The SMILES string of the molecule is COCC(NC(=O)N(C)CC1CCC1)C(=O)O. The third kappa shape index (κ3) is 4.22. The number of methoxy groups -OCH3 is 1. The van der Waals surface area contributed by atoms with E-state index in [0.717, 1.165) is 12.8 Å². The van der Waals surface area contributed by atoms with E-state index in [1.54, 1.807) is 7.05 Å². The Labute approximate surface area is 101 Å². The zero-order chi connectivity index (χ0) is 12.8. The van der Waals surface area contributed by atoms with Gasteiger partial charge >= 0.3 is 12.0 Å². The lowest BCUT2D eigenvalue weighted by Crippen LogP contribution is -2.49. The van der Waals surface area contributed by atoms with Gasteiger partial charge in [-0.1, -0.05) is 6.42 Å². The summed E-state index contributed by atoms with van der Waals surface area (Å²) >= 11 is 0. The molecule has 1 rings (SSSR count). The first-order valence-electron chi connectivity index (χ1n) is 5.78. The van der Waals surface area contributed by atoms with E-state index in [9.17, 15) is 9.59 Å². The number of ether oxygens (including phenoxy) is 1. The van der Waals surface area contributed by atoms with Crippen molar-refractivity contribution < 1.29 is 19.4 Å². The number of urea groups is 1. The van der Waals surface area contributed by atoms with Gasteiger partial charge in [-0.3, -0.25) is 0 Å². The lowest BCUT2D eigenvalue weighted by molar-refractivity contribution is -0.140. The van der Waals surface area contributed by atoms with Crippen LogP contribution in [0.4, 0.5) is 4.79 Å². The van der Waals surface area contributed by atoms with E-state index >= 15 is 0 Å². The first kappa shape index (κ1) is 13.8. The highest BCUT2D eigenvalue weighted by molar-refractivity contribution is 5.82. The molecular formula is C11H20N2O4. The molecule has 1 atom stereocenters. The molecule has 6 nitrogen and oxygen atoms in total. The minimum absolute atomic E-state index is 0.0294. The van der Waals surface area contributed by atoms with Gasteiger partial charge in [0, 0.05) is 20.7 Å². The van der Waals surface area contributed by atoms with Crippen LogP contribution in [0, 0.1) is 5.92 Å². The zero-order valence-electron chi connectivity index (χ0n) is 10.3. The quantitative estimate of drug-likeness (QED) is 0.714. The number of hydrogen-bond acceptors (Lipinski definition) is 3. The fourth-order valence-electron chi connectivity index (χ4n) is 1.75. The second kappa shape index (κ2) is 6.44. The number of carbonyl (C=O) groups is 2. The predicted molar refractivity (Wildman–Crippen MR) is 61.8 cm³/mol. The molecule has 0 bridgehead atoms. The fraction of sp³-hybridized carbons (Fsp3) is 0.818. The molecule has 1 aliphatic carbocycles. The van der Waals surface area contributed by atoms with Crippen LogP contribution in [-0.2, 0) is 9.53 Å². The number of hydrogen-bond donors (Lipinski definition) is 2. The minimum atomic E-state index is -1.09. The summed E-state index contributed by atoms with van der Waals surface area (Å²) in [7, 11) is 3.08. The topological polar surface area (TPSA) is 78.9 Å². The van der Waals surface area contributed by atoms with Gasteiger partial charge < -0.3 is 20.1 Å². The lowest BCUT2D eigenvalue weighted by Gasteiger charge is -2.30. The number of nitrogens with zero attached hydrogens (tertiary/aromatic N) is 1. The number of carbonyl (C=O) groups excluding carboxylic acids is 1. The third-order valence-electron chi connectivity index (χ3n) is 3.03. The van der Waals surface area contributed by atoms with Gasteiger partial charge in [-0.15, -0.1) is 0 Å². The van der Waals surface area contributed by atoms with Crippen LogP contribution < -0.4 is 5.32 Å². The maximum Gasteiger partial charge on any atom is 0.328 e. The standard InChI is InChI=1S/C11H20N2O4/c1-13(6-8-4-3-5-8)11(16)12-9(7-17-2)10(14)15/h8-9H,3-7H2,1-2H3,(H,12,16)(H,14,15). The highest BCUT2D eigenvalue weighted by atomic mass is 16.5. The van der Waals surface area contributed by atoms with Crippen LogP contribution >= 0.6 is 0 Å². The highest BCUT2D eigenvalue weighted by Crippen LogP contribution is 2.26. The van der Waals surface area contributed by atoms with Crippen molar-refractivity contribution in [2.75, 3.05) is 27.3 Å². The molecule has 1 saturated carbocycles. The Morgan fingerprint density at radius 2 is 2.18 bits per heavy atom. The average molecular weight is 244 g/mol. The van der Waals surface area contributed by atoms with Gasteiger partial charge in [0.1, 0.15) is 0 Å². The van der Waals surface area contributed by atoms with Crippen LogP contribution in [-0.4, -0.2) is 55.4 Å². The number of amides is 2. The Bertz CT molecular complexity index is 279. The summed E-state index contributed by atoms with van der Waals surface area (Å²) in [4.78, 5) is 24.1. The van der Waals surface area contributed by atoms with Crippen molar-refractivity contribution in [3.05, 3.63) is 0 Å². The minimum Gasteiger partial charge on any atom is -0.480 e. The molecule has 0 aromatic heterocycles. The maximum absolute atomic E-state index is 11.7. The molecule has 0 saturated heterocycles. The van der Waals surface area contributed by atoms with Crippen LogP contribution in [0.5, 0.6) is 0 Å². The molecule has 2 N–H and O–H groups in total. The highest BCUT2D eigenvalue weighted by Gasteiger charge is 2.24. The van der Waals surface area contributed by atoms with Crippen LogP contribution in [0.1, 0.15) is 19.3 Å². The summed E-state index contributed by atoms with van der Waals surface area (Å²) in [5.41, 5.74) is 0. The molecule has 1 aliphatic rings. The molecule has 0 heterocycles. The summed E-state index contributed by atoms with van der Waals surface area (Å²) in [5.74, 6) is -0.520. The number of nitrogens with one attached hydrogen (secondary N) is 1. The Morgan fingerprint density at radius 1 is 1.53 bits per heavy atom. The normalized spacial score (nSPS) is 17.1. The molecule has 0 spiro atoms. The number of aliphatic carboxylic acids is 1. The van der Waals surface area contributed by atoms with Crippen molar-refractivity contribution >= 4 is 12.0 Å². The van der Waals surface area contributed by atoms with E-state index in [4.69, 9.17) is 9.84 Å². The molecule has 1 unspecified atom stereocenters. The molecule has 0 aromatic carbocycles. The van der Waals surface area contributed by atoms with Gasteiger partial charge in [0.2, 0.25) is 0 Å². The first-order chi connectivity index (χ1) is 8.04. The lowest BCUT2D eigenvalue weighted by atomic mass is 9.85. The van der Waals surface area contributed by atoms with E-state index in [-0.39, 0.29) is 12.6 Å². The third-order valence-corrected chi connectivity index (χ3v) is 3.03. The maximum atomic E-state index is 11.7.